The maximum absolute atomic E-state index is 12.5. The number of ether oxygens (including phenoxy) is 1. The van der Waals surface area contributed by atoms with Crippen molar-refractivity contribution in [2.24, 2.45) is 0 Å². The van der Waals surface area contributed by atoms with E-state index in [1.807, 2.05) is 30.3 Å². The van der Waals surface area contributed by atoms with Gasteiger partial charge < -0.3 is 4.74 Å². The van der Waals surface area contributed by atoms with Crippen molar-refractivity contribution in [2.45, 2.75) is 11.6 Å². The van der Waals surface area contributed by atoms with Crippen LogP contribution in [0, 0.1) is 0 Å². The molecule has 0 spiro atoms. The Kier molecular flexibility index (Phi) is 5.29. The number of aromatic nitrogens is 5. The molecule has 0 unspecified atom stereocenters. The predicted molar refractivity (Wildman–Crippen MR) is 107 cm³/mol. The number of fused-ring (bicyclic) bond motifs is 1. The minimum atomic E-state index is 0.0103. The molecular formula is C20H17N5O2S. The summed E-state index contributed by atoms with van der Waals surface area (Å²) in [5.41, 5.74) is 2.99. The summed E-state index contributed by atoms with van der Waals surface area (Å²) >= 11 is 1.33. The van der Waals surface area contributed by atoms with Gasteiger partial charge in [0.25, 0.3) is 0 Å². The van der Waals surface area contributed by atoms with Gasteiger partial charge in [0.1, 0.15) is 17.1 Å². The molecule has 2 aromatic heterocycles. The van der Waals surface area contributed by atoms with E-state index in [0.717, 1.165) is 11.3 Å². The van der Waals surface area contributed by atoms with Crippen LogP contribution < -0.4 is 4.74 Å². The molecule has 0 aliphatic carbocycles. The zero-order chi connectivity index (χ0) is 19.3. The monoisotopic (exact) mass is 391 g/mol. The first-order chi connectivity index (χ1) is 13.7. The second kappa shape index (κ2) is 8.18. The van der Waals surface area contributed by atoms with Gasteiger partial charge in [-0.2, -0.15) is 0 Å². The standard InChI is InChI=1S/C20H17N5O2S/c1-27-16-9-7-15(8-10-16)17(26)12-28-20-18-19(21-13-22-20)25(24-23-18)11-14-5-3-2-4-6-14/h2-10,13H,11-12H2,1H3. The molecule has 0 radical (unpaired) electrons. The maximum atomic E-state index is 12.5. The predicted octanol–water partition coefficient (Wildman–Crippen LogP) is 3.25. The fraction of sp³-hybridized carbons (Fsp3) is 0.150. The Labute approximate surface area is 165 Å². The number of methoxy groups -OCH3 is 1. The number of rotatable bonds is 7. The number of carbonyl (C=O) groups is 1. The Morgan fingerprint density at radius 3 is 2.61 bits per heavy atom. The fourth-order valence-corrected chi connectivity index (χ4v) is 3.56. The highest BCUT2D eigenvalue weighted by atomic mass is 32.2. The van der Waals surface area contributed by atoms with E-state index < -0.39 is 0 Å². The van der Waals surface area contributed by atoms with Crippen LogP contribution in [0.2, 0.25) is 0 Å². The van der Waals surface area contributed by atoms with Gasteiger partial charge in [0.15, 0.2) is 16.9 Å². The Morgan fingerprint density at radius 2 is 1.86 bits per heavy atom. The Hall–Kier alpha value is -3.26. The van der Waals surface area contributed by atoms with Crippen molar-refractivity contribution in [2.75, 3.05) is 12.9 Å². The first-order valence-corrected chi connectivity index (χ1v) is 9.61. The topological polar surface area (TPSA) is 82.8 Å². The second-order valence-electron chi connectivity index (χ2n) is 6.02. The van der Waals surface area contributed by atoms with Crippen LogP contribution in [0.25, 0.3) is 11.2 Å². The smallest absolute Gasteiger partial charge is 0.183 e. The molecule has 0 fully saturated rings. The Bertz CT molecular complexity index is 1100. The van der Waals surface area contributed by atoms with Crippen LogP contribution in [-0.4, -0.2) is 43.6 Å². The zero-order valence-electron chi connectivity index (χ0n) is 15.1. The molecule has 140 valence electrons. The average molecular weight is 391 g/mol. The van der Waals surface area contributed by atoms with E-state index in [0.29, 0.717) is 28.3 Å². The number of nitrogens with zero attached hydrogens (tertiary/aromatic N) is 5. The van der Waals surface area contributed by atoms with E-state index in [-0.39, 0.29) is 11.5 Å². The molecule has 28 heavy (non-hydrogen) atoms. The summed E-state index contributed by atoms with van der Waals surface area (Å²) in [6.07, 6.45) is 1.48. The summed E-state index contributed by atoms with van der Waals surface area (Å²) in [5.74, 6) is 0.983. The van der Waals surface area contributed by atoms with Gasteiger partial charge in [0.05, 0.1) is 19.4 Å². The molecule has 0 saturated heterocycles. The van der Waals surface area contributed by atoms with Gasteiger partial charge in [-0.3, -0.25) is 4.79 Å². The molecule has 0 bridgehead atoms. The van der Waals surface area contributed by atoms with Crippen LogP contribution >= 0.6 is 11.8 Å². The van der Waals surface area contributed by atoms with Crippen molar-refractivity contribution < 1.29 is 9.53 Å². The van der Waals surface area contributed by atoms with Gasteiger partial charge in [-0.25, -0.2) is 14.6 Å². The van der Waals surface area contributed by atoms with Crippen LogP contribution in [0.15, 0.2) is 66.0 Å². The number of hydrogen-bond donors (Lipinski definition) is 0. The zero-order valence-corrected chi connectivity index (χ0v) is 16.0. The largest absolute Gasteiger partial charge is 0.497 e. The van der Waals surface area contributed by atoms with Gasteiger partial charge in [0, 0.05) is 5.56 Å². The van der Waals surface area contributed by atoms with Gasteiger partial charge in [-0.15, -0.1) is 5.10 Å². The minimum Gasteiger partial charge on any atom is -0.497 e. The second-order valence-corrected chi connectivity index (χ2v) is 6.99. The van der Waals surface area contributed by atoms with E-state index in [1.54, 1.807) is 36.1 Å². The van der Waals surface area contributed by atoms with Gasteiger partial charge >= 0.3 is 0 Å². The molecule has 7 nitrogen and oxygen atoms in total. The fourth-order valence-electron chi connectivity index (χ4n) is 2.73. The summed E-state index contributed by atoms with van der Waals surface area (Å²) in [7, 11) is 1.60. The summed E-state index contributed by atoms with van der Waals surface area (Å²) in [4.78, 5) is 21.1. The molecule has 4 rings (SSSR count). The van der Waals surface area contributed by atoms with Crippen LogP contribution in [0.3, 0.4) is 0 Å². The summed E-state index contributed by atoms with van der Waals surface area (Å²) in [6.45, 7) is 0.573. The lowest BCUT2D eigenvalue weighted by Crippen LogP contribution is -2.04. The van der Waals surface area contributed by atoms with Crippen molar-refractivity contribution >= 4 is 28.7 Å². The number of carbonyl (C=O) groups excluding carboxylic acids is 1. The molecule has 0 atom stereocenters. The van der Waals surface area contributed by atoms with Crippen molar-refractivity contribution in [1.29, 1.82) is 0 Å². The van der Waals surface area contributed by atoms with Crippen LogP contribution in [0.4, 0.5) is 0 Å². The number of Topliss-reactive ketones (excluding diaryl/α,β-unsaturated/α-hetero) is 1. The highest BCUT2D eigenvalue weighted by Gasteiger charge is 2.14. The van der Waals surface area contributed by atoms with E-state index >= 15 is 0 Å². The molecule has 0 aliphatic rings. The van der Waals surface area contributed by atoms with Crippen LogP contribution in [0.1, 0.15) is 15.9 Å². The van der Waals surface area contributed by atoms with Crippen molar-refractivity contribution in [3.8, 4) is 5.75 Å². The number of benzene rings is 2. The molecule has 0 aliphatic heterocycles. The molecule has 8 heteroatoms. The molecule has 0 N–H and O–H groups in total. The lowest BCUT2D eigenvalue weighted by Gasteiger charge is -2.04. The maximum Gasteiger partial charge on any atom is 0.183 e. The molecular weight excluding hydrogens is 374 g/mol. The van der Waals surface area contributed by atoms with Gasteiger partial charge in [-0.05, 0) is 29.8 Å². The lowest BCUT2D eigenvalue weighted by atomic mass is 10.1. The summed E-state index contributed by atoms with van der Waals surface area (Å²) in [5, 5.41) is 9.08. The van der Waals surface area contributed by atoms with Gasteiger partial charge in [0.2, 0.25) is 0 Å². The lowest BCUT2D eigenvalue weighted by molar-refractivity contribution is 0.102. The SMILES string of the molecule is COc1ccc(C(=O)CSc2ncnc3c2nnn3Cc2ccccc2)cc1. The molecule has 2 aromatic carbocycles. The van der Waals surface area contributed by atoms with E-state index in [2.05, 4.69) is 20.3 Å². The average Bonchev–Trinajstić information content (AvgIpc) is 3.16. The number of ketones is 1. The number of thioether (sulfide) groups is 1. The molecule has 0 amide bonds. The third-order valence-electron chi connectivity index (χ3n) is 4.19. The van der Waals surface area contributed by atoms with Gasteiger partial charge in [-0.1, -0.05) is 47.3 Å². The highest BCUT2D eigenvalue weighted by molar-refractivity contribution is 8.00. The first-order valence-electron chi connectivity index (χ1n) is 8.63. The molecule has 0 saturated carbocycles. The molecule has 2 heterocycles. The van der Waals surface area contributed by atoms with Crippen LogP contribution in [0.5, 0.6) is 5.75 Å². The van der Waals surface area contributed by atoms with Crippen molar-refractivity contribution in [3.05, 3.63) is 72.1 Å². The minimum absolute atomic E-state index is 0.0103. The van der Waals surface area contributed by atoms with Crippen LogP contribution in [-0.2, 0) is 6.54 Å². The number of hydrogen-bond acceptors (Lipinski definition) is 7. The van der Waals surface area contributed by atoms with E-state index in [4.69, 9.17) is 4.74 Å². The summed E-state index contributed by atoms with van der Waals surface area (Å²) < 4.78 is 6.86. The van der Waals surface area contributed by atoms with Crippen molar-refractivity contribution in [1.82, 2.24) is 25.0 Å². The Balaban J connectivity index is 1.50. The third kappa shape index (κ3) is 3.86. The van der Waals surface area contributed by atoms with Crippen molar-refractivity contribution in [3.63, 3.8) is 0 Å². The Morgan fingerprint density at radius 1 is 1.07 bits per heavy atom. The highest BCUT2D eigenvalue weighted by Crippen LogP contribution is 2.24. The molecule has 4 aromatic rings. The van der Waals surface area contributed by atoms with E-state index in [1.165, 1.54) is 18.1 Å². The normalized spacial score (nSPS) is 10.9. The third-order valence-corrected chi connectivity index (χ3v) is 5.17. The summed E-state index contributed by atoms with van der Waals surface area (Å²) in [6, 6.07) is 17.0. The van der Waals surface area contributed by atoms with E-state index in [9.17, 15) is 4.79 Å². The first kappa shape index (κ1) is 18.1. The quantitative estimate of drug-likeness (QED) is 0.272.